The van der Waals surface area contributed by atoms with E-state index in [-0.39, 0.29) is 48.3 Å². The Hall–Kier alpha value is -2.95. The maximum atomic E-state index is 12.2. The lowest BCUT2D eigenvalue weighted by atomic mass is 10.1. The van der Waals surface area contributed by atoms with Crippen molar-refractivity contribution in [2.75, 3.05) is 38.3 Å². The highest BCUT2D eigenvalue weighted by Gasteiger charge is 2.20. The van der Waals surface area contributed by atoms with Crippen LogP contribution in [0.3, 0.4) is 0 Å². The lowest BCUT2D eigenvalue weighted by molar-refractivity contribution is 0.0526. The van der Waals surface area contributed by atoms with E-state index in [1.165, 1.54) is 7.11 Å². The highest BCUT2D eigenvalue weighted by molar-refractivity contribution is 6.01. The van der Waals surface area contributed by atoms with Crippen LogP contribution < -0.4 is 22.1 Å². The third-order valence-electron chi connectivity index (χ3n) is 3.26. The van der Waals surface area contributed by atoms with Crippen LogP contribution in [0.4, 0.5) is 16.4 Å². The molecule has 0 aromatic carbocycles. The number of ketones is 1. The molecule has 11 heteroatoms. The molecule has 0 aliphatic rings. The van der Waals surface area contributed by atoms with Crippen LogP contribution in [-0.2, 0) is 9.47 Å². The molecule has 0 radical (unpaired) electrons. The molecule has 11 nitrogen and oxygen atoms in total. The number of ether oxygens (including phenoxy) is 2. The number of carbonyl (C=O) groups is 3. The fourth-order valence-corrected chi connectivity index (χ4v) is 2.07. The highest BCUT2D eigenvalue weighted by Crippen LogP contribution is 2.15. The zero-order chi connectivity index (χ0) is 21.3. The van der Waals surface area contributed by atoms with Crippen molar-refractivity contribution in [2.24, 2.45) is 0 Å². The molecule has 156 valence electrons. The summed E-state index contributed by atoms with van der Waals surface area (Å²) in [5.41, 5.74) is 10.6. The SMILES string of the molecule is COCCCC(=O)c1nc(N)c(C(=O)NCCNC(=O)OC(C)(C)C)nc1N. The normalized spacial score (nSPS) is 11.0. The average Bonchev–Trinajstić information content (AvgIpc) is 2.58. The second kappa shape index (κ2) is 10.4. The van der Waals surface area contributed by atoms with Crippen LogP contribution in [0, 0.1) is 0 Å². The Kier molecular flexibility index (Phi) is 8.58. The van der Waals surface area contributed by atoms with Gasteiger partial charge in [-0.3, -0.25) is 9.59 Å². The molecule has 1 aromatic rings. The van der Waals surface area contributed by atoms with Gasteiger partial charge in [0, 0.05) is 33.2 Å². The second-order valence-electron chi connectivity index (χ2n) is 6.90. The van der Waals surface area contributed by atoms with Gasteiger partial charge in [-0.05, 0) is 27.2 Å². The molecule has 0 aliphatic carbocycles. The molecular weight excluding hydrogens is 368 g/mol. The first-order valence-electron chi connectivity index (χ1n) is 8.75. The minimum Gasteiger partial charge on any atom is -0.444 e. The zero-order valence-corrected chi connectivity index (χ0v) is 16.6. The largest absolute Gasteiger partial charge is 0.444 e. The summed E-state index contributed by atoms with van der Waals surface area (Å²) in [6, 6.07) is 0. The summed E-state index contributed by atoms with van der Waals surface area (Å²) >= 11 is 0. The number of hydrogen-bond acceptors (Lipinski definition) is 9. The van der Waals surface area contributed by atoms with Crippen LogP contribution in [0.15, 0.2) is 0 Å². The van der Waals surface area contributed by atoms with E-state index >= 15 is 0 Å². The van der Waals surface area contributed by atoms with Crippen molar-refractivity contribution >= 4 is 29.4 Å². The fraction of sp³-hybridized carbons (Fsp3) is 0.588. The van der Waals surface area contributed by atoms with Crippen molar-refractivity contribution < 1.29 is 23.9 Å². The van der Waals surface area contributed by atoms with Gasteiger partial charge in [0.15, 0.2) is 28.8 Å². The molecule has 1 rings (SSSR count). The predicted molar refractivity (Wildman–Crippen MR) is 103 cm³/mol. The van der Waals surface area contributed by atoms with Gasteiger partial charge in [-0.15, -0.1) is 0 Å². The maximum absolute atomic E-state index is 12.2. The standard InChI is InChI=1S/C17H28N6O5/c1-17(2,3)28-16(26)21-8-7-20-15(25)12-14(19)22-11(13(18)23-12)10(24)6-5-9-27-4/h5-9H2,1-4H3,(H2,18,23)(H2,19,22)(H,20,25)(H,21,26). The van der Waals surface area contributed by atoms with Gasteiger partial charge in [-0.1, -0.05) is 0 Å². The Morgan fingerprint density at radius 2 is 1.57 bits per heavy atom. The predicted octanol–water partition coefficient (Wildman–Crippen LogP) is 0.505. The summed E-state index contributed by atoms with van der Waals surface area (Å²) in [7, 11) is 1.53. The van der Waals surface area contributed by atoms with Crippen molar-refractivity contribution in [1.82, 2.24) is 20.6 Å². The number of amides is 2. The first kappa shape index (κ1) is 23.1. The van der Waals surface area contributed by atoms with Gasteiger partial charge in [0.25, 0.3) is 5.91 Å². The third-order valence-corrected chi connectivity index (χ3v) is 3.26. The zero-order valence-electron chi connectivity index (χ0n) is 16.6. The molecule has 1 heterocycles. The summed E-state index contributed by atoms with van der Waals surface area (Å²) in [6.45, 7) is 5.90. The number of Topliss-reactive ketones (excluding diaryl/α,β-unsaturated/α-hetero) is 1. The Bertz CT molecular complexity index is 717. The highest BCUT2D eigenvalue weighted by atomic mass is 16.6. The van der Waals surface area contributed by atoms with E-state index in [9.17, 15) is 14.4 Å². The molecule has 0 fully saturated rings. The summed E-state index contributed by atoms with van der Waals surface area (Å²) in [6.07, 6.45) is 0.0822. The Balaban J connectivity index is 2.61. The number of nitrogen functional groups attached to an aromatic ring is 2. The molecule has 0 saturated carbocycles. The van der Waals surface area contributed by atoms with Crippen LogP contribution in [0.2, 0.25) is 0 Å². The van der Waals surface area contributed by atoms with Crippen LogP contribution >= 0.6 is 0 Å². The molecule has 28 heavy (non-hydrogen) atoms. The number of nitrogens with zero attached hydrogens (tertiary/aromatic N) is 2. The second-order valence-corrected chi connectivity index (χ2v) is 6.90. The van der Waals surface area contributed by atoms with Gasteiger partial charge < -0.3 is 31.6 Å². The first-order chi connectivity index (χ1) is 13.0. The molecule has 1 aromatic heterocycles. The average molecular weight is 396 g/mol. The summed E-state index contributed by atoms with van der Waals surface area (Å²) < 4.78 is 9.96. The topological polar surface area (TPSA) is 172 Å². The van der Waals surface area contributed by atoms with E-state index in [4.69, 9.17) is 20.9 Å². The number of carbonyl (C=O) groups excluding carboxylic acids is 3. The molecule has 0 spiro atoms. The van der Waals surface area contributed by atoms with E-state index in [1.807, 2.05) is 0 Å². The monoisotopic (exact) mass is 396 g/mol. The van der Waals surface area contributed by atoms with Crippen molar-refractivity contribution in [2.45, 2.75) is 39.2 Å². The van der Waals surface area contributed by atoms with Gasteiger partial charge in [-0.2, -0.15) is 0 Å². The minimum atomic E-state index is -0.624. The number of alkyl carbamates (subject to hydrolysis) is 1. The lowest BCUT2D eigenvalue weighted by Crippen LogP contribution is -2.38. The summed E-state index contributed by atoms with van der Waals surface area (Å²) in [5.74, 6) is -1.33. The van der Waals surface area contributed by atoms with Crippen LogP contribution in [0.1, 0.15) is 54.6 Å². The Morgan fingerprint density at radius 3 is 2.18 bits per heavy atom. The van der Waals surface area contributed by atoms with E-state index in [0.29, 0.717) is 13.0 Å². The number of aromatic nitrogens is 2. The van der Waals surface area contributed by atoms with Gasteiger partial charge in [0.05, 0.1) is 0 Å². The number of rotatable bonds is 9. The van der Waals surface area contributed by atoms with Crippen molar-refractivity contribution in [3.63, 3.8) is 0 Å². The molecule has 0 atom stereocenters. The Morgan fingerprint density at radius 1 is 1.00 bits per heavy atom. The molecule has 0 saturated heterocycles. The van der Waals surface area contributed by atoms with Gasteiger partial charge in [0.1, 0.15) is 5.60 Å². The molecule has 2 amide bonds. The van der Waals surface area contributed by atoms with E-state index in [1.54, 1.807) is 20.8 Å². The molecule has 0 aliphatic heterocycles. The lowest BCUT2D eigenvalue weighted by Gasteiger charge is -2.19. The summed E-state index contributed by atoms with van der Waals surface area (Å²) in [4.78, 5) is 43.6. The minimum absolute atomic E-state index is 0.0725. The van der Waals surface area contributed by atoms with E-state index in [2.05, 4.69) is 20.6 Å². The molecular formula is C17H28N6O5. The maximum Gasteiger partial charge on any atom is 0.407 e. The number of anilines is 2. The van der Waals surface area contributed by atoms with Gasteiger partial charge >= 0.3 is 6.09 Å². The van der Waals surface area contributed by atoms with E-state index in [0.717, 1.165) is 0 Å². The smallest absolute Gasteiger partial charge is 0.407 e. The first-order valence-corrected chi connectivity index (χ1v) is 8.75. The quantitative estimate of drug-likeness (QED) is 0.342. The fourth-order valence-electron chi connectivity index (χ4n) is 2.07. The van der Waals surface area contributed by atoms with Crippen LogP contribution in [-0.4, -0.2) is 60.2 Å². The van der Waals surface area contributed by atoms with Crippen molar-refractivity contribution in [3.8, 4) is 0 Å². The van der Waals surface area contributed by atoms with Crippen molar-refractivity contribution in [1.29, 1.82) is 0 Å². The third kappa shape index (κ3) is 7.74. The molecule has 0 unspecified atom stereocenters. The molecule has 0 bridgehead atoms. The van der Waals surface area contributed by atoms with Crippen LogP contribution in [0.5, 0.6) is 0 Å². The number of hydrogen-bond donors (Lipinski definition) is 4. The number of methoxy groups -OCH3 is 1. The van der Waals surface area contributed by atoms with Crippen LogP contribution in [0.25, 0.3) is 0 Å². The Labute approximate surface area is 163 Å². The summed E-state index contributed by atoms with van der Waals surface area (Å²) in [5, 5.41) is 5.02. The van der Waals surface area contributed by atoms with Gasteiger partial charge in [-0.25, -0.2) is 14.8 Å². The van der Waals surface area contributed by atoms with Gasteiger partial charge in [0.2, 0.25) is 0 Å². The van der Waals surface area contributed by atoms with Crippen molar-refractivity contribution in [3.05, 3.63) is 11.4 Å². The number of nitrogens with two attached hydrogens (primary N) is 2. The molecule has 6 N–H and O–H groups in total. The number of nitrogens with one attached hydrogen (secondary N) is 2. The van der Waals surface area contributed by atoms with E-state index < -0.39 is 17.6 Å².